The van der Waals surface area contributed by atoms with Crippen LogP contribution in [0, 0.1) is 17.6 Å². The first kappa shape index (κ1) is 22.6. The molecule has 168 valence electrons. The van der Waals surface area contributed by atoms with Gasteiger partial charge in [-0.25, -0.2) is 8.78 Å². The van der Waals surface area contributed by atoms with Crippen molar-refractivity contribution in [2.45, 2.75) is 31.8 Å². The van der Waals surface area contributed by atoms with E-state index in [1.54, 1.807) is 6.07 Å². The normalized spacial score (nSPS) is 16.1. The van der Waals surface area contributed by atoms with Crippen molar-refractivity contribution in [3.05, 3.63) is 93.7 Å². The van der Waals surface area contributed by atoms with Crippen LogP contribution in [-0.2, 0) is 13.0 Å². The van der Waals surface area contributed by atoms with Crippen LogP contribution in [0.1, 0.15) is 33.6 Å². The molecule has 4 rings (SSSR count). The molecule has 1 saturated heterocycles. The van der Waals surface area contributed by atoms with Crippen molar-refractivity contribution in [1.29, 1.82) is 0 Å². The summed E-state index contributed by atoms with van der Waals surface area (Å²) in [6.45, 7) is 2.35. The highest BCUT2D eigenvalue weighted by Gasteiger charge is 2.32. The first-order valence-corrected chi connectivity index (χ1v) is 11.9. The number of hydrogen-bond acceptors (Lipinski definition) is 3. The molecule has 6 heteroatoms. The lowest BCUT2D eigenvalue weighted by Crippen LogP contribution is -2.47. The van der Waals surface area contributed by atoms with E-state index in [9.17, 15) is 13.6 Å². The smallest absolute Gasteiger partial charge is 0.263 e. The van der Waals surface area contributed by atoms with E-state index in [0.29, 0.717) is 12.5 Å². The lowest BCUT2D eigenvalue weighted by Gasteiger charge is -2.40. The third-order valence-electron chi connectivity index (χ3n) is 6.40. The molecular formula is C26H28F2N2OS. The number of carbonyl (C=O) groups excluding carboxylic acids is 1. The van der Waals surface area contributed by atoms with Gasteiger partial charge in [0.1, 0.15) is 0 Å². The van der Waals surface area contributed by atoms with Crippen LogP contribution >= 0.6 is 11.3 Å². The minimum Gasteiger partial charge on any atom is -0.337 e. The standard InChI is InChI=1S/C26H28F2N2OS/c1-29(26(31)25-8-5-15-32-25)24(17-19-6-3-2-4-7-19)21-11-13-30(14-12-21)18-20-9-10-22(27)23(28)16-20/h2-10,15-16,21,24H,11-14,17-18H2,1H3/t24-/m0/s1. The molecule has 1 aromatic heterocycles. The predicted octanol–water partition coefficient (Wildman–Crippen LogP) is 5.62. The van der Waals surface area contributed by atoms with Crippen molar-refractivity contribution in [2.24, 2.45) is 5.92 Å². The molecule has 1 aliphatic heterocycles. The number of likely N-dealkylation sites (tertiary alicyclic amines) is 1. The van der Waals surface area contributed by atoms with Crippen LogP contribution in [0.5, 0.6) is 0 Å². The molecule has 0 aliphatic carbocycles. The van der Waals surface area contributed by atoms with E-state index in [-0.39, 0.29) is 11.9 Å². The van der Waals surface area contributed by atoms with Gasteiger partial charge in [0.15, 0.2) is 11.6 Å². The Labute approximate surface area is 192 Å². The average molecular weight is 455 g/mol. The number of likely N-dealkylation sites (N-methyl/N-ethyl adjacent to an activating group) is 1. The van der Waals surface area contributed by atoms with Crippen LogP contribution in [0.2, 0.25) is 0 Å². The maximum atomic E-state index is 13.6. The van der Waals surface area contributed by atoms with Gasteiger partial charge in [-0.1, -0.05) is 42.5 Å². The van der Waals surface area contributed by atoms with Gasteiger partial charge in [0, 0.05) is 19.6 Å². The van der Waals surface area contributed by atoms with Gasteiger partial charge in [-0.3, -0.25) is 9.69 Å². The van der Waals surface area contributed by atoms with Crippen LogP contribution in [-0.4, -0.2) is 41.9 Å². The maximum Gasteiger partial charge on any atom is 0.263 e. The van der Waals surface area contributed by atoms with Crippen molar-refractivity contribution >= 4 is 17.2 Å². The minimum absolute atomic E-state index is 0.0742. The third-order valence-corrected chi connectivity index (χ3v) is 7.26. The van der Waals surface area contributed by atoms with E-state index < -0.39 is 11.6 Å². The zero-order chi connectivity index (χ0) is 22.5. The quantitative estimate of drug-likeness (QED) is 0.463. The lowest BCUT2D eigenvalue weighted by molar-refractivity contribution is 0.0589. The molecule has 1 aliphatic rings. The summed E-state index contributed by atoms with van der Waals surface area (Å²) in [5, 5.41) is 1.93. The fraction of sp³-hybridized carbons (Fsp3) is 0.346. The molecule has 0 N–H and O–H groups in total. The Kier molecular flexibility index (Phi) is 7.33. The van der Waals surface area contributed by atoms with E-state index in [4.69, 9.17) is 0 Å². The molecule has 0 spiro atoms. The van der Waals surface area contributed by atoms with E-state index in [1.165, 1.54) is 29.0 Å². The zero-order valence-electron chi connectivity index (χ0n) is 18.2. The highest BCUT2D eigenvalue weighted by molar-refractivity contribution is 7.12. The zero-order valence-corrected chi connectivity index (χ0v) is 19.0. The maximum absolute atomic E-state index is 13.6. The molecule has 32 heavy (non-hydrogen) atoms. The minimum atomic E-state index is -0.811. The van der Waals surface area contributed by atoms with Gasteiger partial charge in [0.2, 0.25) is 0 Å². The molecule has 2 aromatic carbocycles. The van der Waals surface area contributed by atoms with E-state index in [2.05, 4.69) is 17.0 Å². The van der Waals surface area contributed by atoms with Crippen LogP contribution in [0.3, 0.4) is 0 Å². The molecule has 0 saturated carbocycles. The largest absolute Gasteiger partial charge is 0.337 e. The SMILES string of the molecule is CN(C(=O)c1cccs1)[C@@H](Cc1ccccc1)C1CCN(Cc2ccc(F)c(F)c2)CC1. The number of carbonyl (C=O) groups is 1. The van der Waals surface area contributed by atoms with Gasteiger partial charge >= 0.3 is 0 Å². The summed E-state index contributed by atoms with van der Waals surface area (Å²) in [4.78, 5) is 18.1. The Balaban J connectivity index is 1.44. The summed E-state index contributed by atoms with van der Waals surface area (Å²) >= 11 is 1.48. The second-order valence-electron chi connectivity index (χ2n) is 8.51. The molecule has 1 amide bonds. The third kappa shape index (κ3) is 5.43. The molecule has 0 radical (unpaired) electrons. The number of benzene rings is 2. The van der Waals surface area contributed by atoms with Gasteiger partial charge in [-0.15, -0.1) is 11.3 Å². The summed E-state index contributed by atoms with van der Waals surface area (Å²) in [5.74, 6) is -1.15. The Morgan fingerprint density at radius 3 is 2.44 bits per heavy atom. The summed E-state index contributed by atoms with van der Waals surface area (Å²) in [7, 11) is 1.92. The molecule has 1 atom stereocenters. The van der Waals surface area contributed by atoms with Crippen molar-refractivity contribution in [3.63, 3.8) is 0 Å². The Morgan fingerprint density at radius 2 is 1.78 bits per heavy atom. The van der Waals surface area contributed by atoms with E-state index in [0.717, 1.165) is 42.8 Å². The van der Waals surface area contributed by atoms with Gasteiger partial charge in [-0.2, -0.15) is 0 Å². The first-order chi connectivity index (χ1) is 15.5. The first-order valence-electron chi connectivity index (χ1n) is 11.0. The Hall–Kier alpha value is -2.57. The Bertz CT molecular complexity index is 1020. The fourth-order valence-corrected chi connectivity index (χ4v) is 5.30. The molecule has 3 aromatic rings. The van der Waals surface area contributed by atoms with Crippen molar-refractivity contribution in [1.82, 2.24) is 9.80 Å². The van der Waals surface area contributed by atoms with Crippen LogP contribution < -0.4 is 0 Å². The number of rotatable bonds is 7. The predicted molar refractivity (Wildman–Crippen MR) is 125 cm³/mol. The number of thiophene rings is 1. The van der Waals surface area contributed by atoms with Gasteiger partial charge in [0.25, 0.3) is 5.91 Å². The average Bonchev–Trinajstić information content (AvgIpc) is 3.35. The lowest BCUT2D eigenvalue weighted by atomic mass is 9.84. The molecule has 0 bridgehead atoms. The number of hydrogen-bond donors (Lipinski definition) is 0. The Morgan fingerprint density at radius 1 is 1.03 bits per heavy atom. The van der Waals surface area contributed by atoms with Crippen LogP contribution in [0.4, 0.5) is 8.78 Å². The number of halogens is 2. The van der Waals surface area contributed by atoms with Gasteiger partial charge in [-0.05, 0) is 73.0 Å². The van der Waals surface area contributed by atoms with E-state index in [1.807, 2.05) is 47.7 Å². The summed E-state index contributed by atoms with van der Waals surface area (Å²) in [6, 6.07) is 18.4. The van der Waals surface area contributed by atoms with Crippen molar-refractivity contribution < 1.29 is 13.6 Å². The fourth-order valence-electron chi connectivity index (χ4n) is 4.59. The number of piperidine rings is 1. The second kappa shape index (κ2) is 10.4. The molecule has 3 nitrogen and oxygen atoms in total. The molecular weight excluding hydrogens is 426 g/mol. The number of nitrogens with zero attached hydrogens (tertiary/aromatic N) is 2. The van der Waals surface area contributed by atoms with E-state index >= 15 is 0 Å². The van der Waals surface area contributed by atoms with Crippen molar-refractivity contribution in [2.75, 3.05) is 20.1 Å². The highest BCUT2D eigenvalue weighted by atomic mass is 32.1. The van der Waals surface area contributed by atoms with Crippen molar-refractivity contribution in [3.8, 4) is 0 Å². The van der Waals surface area contributed by atoms with Gasteiger partial charge in [0.05, 0.1) is 4.88 Å². The van der Waals surface area contributed by atoms with Crippen LogP contribution in [0.25, 0.3) is 0 Å². The second-order valence-corrected chi connectivity index (χ2v) is 9.46. The molecule has 2 heterocycles. The monoisotopic (exact) mass is 454 g/mol. The summed E-state index contributed by atoms with van der Waals surface area (Å²) < 4.78 is 26.8. The number of amides is 1. The summed E-state index contributed by atoms with van der Waals surface area (Å²) in [5.41, 5.74) is 2.01. The molecule has 0 unspecified atom stereocenters. The topological polar surface area (TPSA) is 23.6 Å². The summed E-state index contributed by atoms with van der Waals surface area (Å²) in [6.07, 6.45) is 2.74. The molecule has 1 fully saturated rings. The highest BCUT2D eigenvalue weighted by Crippen LogP contribution is 2.28. The van der Waals surface area contributed by atoms with Crippen LogP contribution in [0.15, 0.2) is 66.0 Å². The van der Waals surface area contributed by atoms with Gasteiger partial charge < -0.3 is 4.90 Å².